The lowest BCUT2D eigenvalue weighted by atomic mass is 10.5. The number of hydrogen-bond acceptors (Lipinski definition) is 5. The lowest BCUT2D eigenvalue weighted by Crippen LogP contribution is -2.29. The van der Waals surface area contributed by atoms with Crippen molar-refractivity contribution in [1.29, 1.82) is 0 Å². The maximum atomic E-state index is 5.07. The third kappa shape index (κ3) is 4.25. The summed E-state index contributed by atoms with van der Waals surface area (Å²) in [6.45, 7) is 3.62. The highest BCUT2D eigenvalue weighted by Crippen LogP contribution is 2.12. The third-order valence-corrected chi connectivity index (χ3v) is 3.18. The van der Waals surface area contributed by atoms with Crippen molar-refractivity contribution in [2.24, 2.45) is 0 Å². The molecule has 0 bridgehead atoms. The molecule has 0 aromatic carbocycles. The van der Waals surface area contributed by atoms with E-state index in [-0.39, 0.29) is 6.29 Å². The van der Waals surface area contributed by atoms with E-state index in [4.69, 9.17) is 9.47 Å². The Balaban J connectivity index is 2.25. The molecule has 0 amide bonds. The van der Waals surface area contributed by atoms with Crippen LogP contribution in [0.3, 0.4) is 0 Å². The highest BCUT2D eigenvalue weighted by molar-refractivity contribution is 7.11. The van der Waals surface area contributed by atoms with Gasteiger partial charge < -0.3 is 14.8 Å². The molecule has 0 atom stereocenters. The molecule has 86 valence electrons. The Morgan fingerprint density at radius 1 is 1.47 bits per heavy atom. The summed E-state index contributed by atoms with van der Waals surface area (Å²) in [4.78, 5) is 5.54. The zero-order chi connectivity index (χ0) is 11.1. The number of hydrogen-bond donors (Lipinski definition) is 1. The van der Waals surface area contributed by atoms with Crippen molar-refractivity contribution in [3.05, 3.63) is 16.1 Å². The molecule has 1 rings (SSSR count). The van der Waals surface area contributed by atoms with Gasteiger partial charge in [-0.2, -0.15) is 0 Å². The molecule has 1 aromatic rings. The SMILES string of the molecule is CCc1ncc(CNCC(OC)OC)s1. The molecule has 0 saturated carbocycles. The average Bonchev–Trinajstić information content (AvgIpc) is 2.72. The van der Waals surface area contributed by atoms with E-state index in [1.54, 1.807) is 25.6 Å². The molecule has 0 aliphatic rings. The number of rotatable bonds is 7. The van der Waals surface area contributed by atoms with Gasteiger partial charge in [-0.05, 0) is 6.42 Å². The van der Waals surface area contributed by atoms with Crippen LogP contribution in [0.5, 0.6) is 0 Å². The number of nitrogens with zero attached hydrogens (tertiary/aromatic N) is 1. The second kappa shape index (κ2) is 6.90. The Morgan fingerprint density at radius 3 is 2.73 bits per heavy atom. The number of aromatic nitrogens is 1. The number of thiazole rings is 1. The van der Waals surface area contributed by atoms with Crippen LogP contribution in [0.15, 0.2) is 6.20 Å². The second-order valence-electron chi connectivity index (χ2n) is 3.11. The summed E-state index contributed by atoms with van der Waals surface area (Å²) in [6, 6.07) is 0. The summed E-state index contributed by atoms with van der Waals surface area (Å²) >= 11 is 1.74. The van der Waals surface area contributed by atoms with Crippen molar-refractivity contribution in [3.63, 3.8) is 0 Å². The maximum absolute atomic E-state index is 5.07. The molecule has 1 N–H and O–H groups in total. The standard InChI is InChI=1S/C10H18N2O2S/c1-4-9-12-6-8(15-9)5-11-7-10(13-2)14-3/h6,10-11H,4-5,7H2,1-3H3. The fourth-order valence-electron chi connectivity index (χ4n) is 1.17. The van der Waals surface area contributed by atoms with Crippen LogP contribution in [0.1, 0.15) is 16.8 Å². The van der Waals surface area contributed by atoms with Crippen LogP contribution < -0.4 is 5.32 Å². The predicted octanol–water partition coefficient (Wildman–Crippen LogP) is 1.41. The van der Waals surface area contributed by atoms with Crippen molar-refractivity contribution in [2.45, 2.75) is 26.2 Å². The first-order valence-electron chi connectivity index (χ1n) is 5.00. The van der Waals surface area contributed by atoms with Crippen LogP contribution in [0, 0.1) is 0 Å². The van der Waals surface area contributed by atoms with Crippen molar-refractivity contribution >= 4 is 11.3 Å². The van der Waals surface area contributed by atoms with Gasteiger partial charge >= 0.3 is 0 Å². The first kappa shape index (κ1) is 12.6. The molecular formula is C10H18N2O2S. The minimum absolute atomic E-state index is 0.177. The van der Waals surface area contributed by atoms with Crippen LogP contribution in [0.4, 0.5) is 0 Å². The summed E-state index contributed by atoms with van der Waals surface area (Å²) < 4.78 is 10.1. The summed E-state index contributed by atoms with van der Waals surface area (Å²) in [5.41, 5.74) is 0. The first-order chi connectivity index (χ1) is 7.30. The fourth-order valence-corrected chi connectivity index (χ4v) is 2.00. The van der Waals surface area contributed by atoms with Crippen LogP contribution in [0.25, 0.3) is 0 Å². The van der Waals surface area contributed by atoms with Gasteiger partial charge in [0, 0.05) is 38.4 Å². The van der Waals surface area contributed by atoms with Gasteiger partial charge in [-0.25, -0.2) is 4.98 Å². The lowest BCUT2D eigenvalue weighted by Gasteiger charge is -2.13. The maximum Gasteiger partial charge on any atom is 0.169 e. The van der Waals surface area contributed by atoms with Gasteiger partial charge in [0.2, 0.25) is 0 Å². The van der Waals surface area contributed by atoms with E-state index in [1.807, 2.05) is 6.20 Å². The lowest BCUT2D eigenvalue weighted by molar-refractivity contribution is -0.0988. The van der Waals surface area contributed by atoms with Gasteiger partial charge in [0.05, 0.1) is 5.01 Å². The van der Waals surface area contributed by atoms with Crippen molar-refractivity contribution < 1.29 is 9.47 Å². The molecule has 0 unspecified atom stereocenters. The molecule has 5 heteroatoms. The predicted molar refractivity (Wildman–Crippen MR) is 61.0 cm³/mol. The van der Waals surface area contributed by atoms with Crippen LogP contribution in [0.2, 0.25) is 0 Å². The summed E-state index contributed by atoms with van der Waals surface area (Å²) in [7, 11) is 3.27. The van der Waals surface area contributed by atoms with Gasteiger partial charge in [0.15, 0.2) is 6.29 Å². The van der Waals surface area contributed by atoms with Crippen LogP contribution >= 0.6 is 11.3 Å². The minimum atomic E-state index is -0.177. The van der Waals surface area contributed by atoms with E-state index in [0.29, 0.717) is 6.54 Å². The van der Waals surface area contributed by atoms with Gasteiger partial charge in [0.25, 0.3) is 0 Å². The van der Waals surface area contributed by atoms with Crippen molar-refractivity contribution in [3.8, 4) is 0 Å². The number of nitrogens with one attached hydrogen (secondary N) is 1. The van der Waals surface area contributed by atoms with Gasteiger partial charge in [0.1, 0.15) is 0 Å². The van der Waals surface area contributed by atoms with Gasteiger partial charge in [-0.1, -0.05) is 6.92 Å². The molecule has 0 fully saturated rings. The molecule has 0 saturated heterocycles. The fraction of sp³-hybridized carbons (Fsp3) is 0.700. The molecule has 1 heterocycles. The summed E-state index contributed by atoms with van der Waals surface area (Å²) in [6.07, 6.45) is 2.75. The molecule has 0 aliphatic heterocycles. The Labute approximate surface area is 94.6 Å². The second-order valence-corrected chi connectivity index (χ2v) is 4.31. The normalized spacial score (nSPS) is 11.2. The first-order valence-corrected chi connectivity index (χ1v) is 5.81. The summed E-state index contributed by atoms with van der Waals surface area (Å²) in [5.74, 6) is 0. The van der Waals surface area contributed by atoms with E-state index in [2.05, 4.69) is 17.2 Å². The quantitative estimate of drug-likeness (QED) is 0.719. The topological polar surface area (TPSA) is 43.4 Å². The minimum Gasteiger partial charge on any atom is -0.355 e. The molecule has 0 spiro atoms. The Bertz CT molecular complexity index is 274. The van der Waals surface area contributed by atoms with E-state index in [1.165, 1.54) is 9.88 Å². The zero-order valence-electron chi connectivity index (χ0n) is 9.45. The number of ether oxygens (including phenoxy) is 2. The molecule has 0 aliphatic carbocycles. The highest BCUT2D eigenvalue weighted by atomic mass is 32.1. The zero-order valence-corrected chi connectivity index (χ0v) is 10.3. The van der Waals surface area contributed by atoms with Crippen molar-refractivity contribution in [2.75, 3.05) is 20.8 Å². The number of methoxy groups -OCH3 is 2. The van der Waals surface area contributed by atoms with Crippen molar-refractivity contribution in [1.82, 2.24) is 10.3 Å². The van der Waals surface area contributed by atoms with E-state index in [9.17, 15) is 0 Å². The molecular weight excluding hydrogens is 212 g/mol. The molecule has 15 heavy (non-hydrogen) atoms. The molecule has 0 radical (unpaired) electrons. The van der Waals surface area contributed by atoms with Crippen LogP contribution in [-0.2, 0) is 22.4 Å². The Hall–Kier alpha value is -0.490. The van der Waals surface area contributed by atoms with E-state index < -0.39 is 0 Å². The average molecular weight is 230 g/mol. The van der Waals surface area contributed by atoms with Gasteiger partial charge in [-0.15, -0.1) is 11.3 Å². The Kier molecular flexibility index (Phi) is 5.78. The largest absolute Gasteiger partial charge is 0.355 e. The Morgan fingerprint density at radius 2 is 2.20 bits per heavy atom. The van der Waals surface area contributed by atoms with E-state index >= 15 is 0 Å². The smallest absolute Gasteiger partial charge is 0.169 e. The molecule has 4 nitrogen and oxygen atoms in total. The van der Waals surface area contributed by atoms with Gasteiger partial charge in [-0.3, -0.25) is 0 Å². The number of aryl methyl sites for hydroxylation is 1. The highest BCUT2D eigenvalue weighted by Gasteiger charge is 2.04. The summed E-state index contributed by atoms with van der Waals surface area (Å²) in [5, 5.41) is 4.44. The monoisotopic (exact) mass is 230 g/mol. The van der Waals surface area contributed by atoms with Crippen LogP contribution in [-0.4, -0.2) is 32.0 Å². The molecule has 1 aromatic heterocycles. The van der Waals surface area contributed by atoms with E-state index in [0.717, 1.165) is 13.0 Å². The third-order valence-electron chi connectivity index (χ3n) is 2.04.